The van der Waals surface area contributed by atoms with Crippen molar-refractivity contribution in [2.45, 2.75) is 83.7 Å². The SMILES string of the molecule is CCCCCCCCCCCCC1OPOc2ccccc21. The number of para-hydroxylation sites is 1. The topological polar surface area (TPSA) is 18.5 Å². The van der Waals surface area contributed by atoms with Crippen molar-refractivity contribution >= 4 is 9.03 Å². The number of fused-ring (bicyclic) bond motifs is 1. The minimum atomic E-state index is 0.161. The standard InChI is InChI=1S/C19H31O2P/c1-2-3-4-5-6-7-8-9-10-11-15-18-17-14-12-13-16-19(17)21-22-20-18/h12-14,16,18,22H,2-11,15H2,1H3. The molecule has 0 N–H and O–H groups in total. The molecule has 1 aromatic rings. The molecule has 3 heteroatoms. The molecule has 1 heterocycles. The van der Waals surface area contributed by atoms with Crippen LogP contribution in [-0.2, 0) is 4.52 Å². The second kappa shape index (κ2) is 11.0. The number of hydrogen-bond acceptors (Lipinski definition) is 2. The number of rotatable bonds is 11. The highest BCUT2D eigenvalue weighted by Crippen LogP contribution is 2.42. The van der Waals surface area contributed by atoms with E-state index in [2.05, 4.69) is 25.1 Å². The maximum Gasteiger partial charge on any atom is 0.215 e. The van der Waals surface area contributed by atoms with E-state index < -0.39 is 0 Å². The van der Waals surface area contributed by atoms with Crippen molar-refractivity contribution in [1.29, 1.82) is 0 Å². The molecule has 2 atom stereocenters. The summed E-state index contributed by atoms with van der Waals surface area (Å²) in [6.07, 6.45) is 15.2. The maximum absolute atomic E-state index is 5.79. The predicted octanol–water partition coefficient (Wildman–Crippen LogP) is 6.96. The molecule has 0 amide bonds. The van der Waals surface area contributed by atoms with Crippen molar-refractivity contribution in [3.63, 3.8) is 0 Å². The van der Waals surface area contributed by atoms with Gasteiger partial charge in [0.1, 0.15) is 5.75 Å². The van der Waals surface area contributed by atoms with Crippen LogP contribution in [0, 0.1) is 0 Å². The van der Waals surface area contributed by atoms with E-state index in [9.17, 15) is 0 Å². The first-order chi connectivity index (χ1) is 10.9. The first-order valence-corrected chi connectivity index (χ1v) is 9.90. The van der Waals surface area contributed by atoms with Gasteiger partial charge < -0.3 is 9.05 Å². The van der Waals surface area contributed by atoms with Crippen LogP contribution in [0.3, 0.4) is 0 Å². The first-order valence-electron chi connectivity index (χ1n) is 9.08. The summed E-state index contributed by atoms with van der Waals surface area (Å²) in [5.41, 5.74) is 1.23. The molecule has 0 aliphatic carbocycles. The average Bonchev–Trinajstić information content (AvgIpc) is 2.56. The van der Waals surface area contributed by atoms with Gasteiger partial charge in [-0.1, -0.05) is 89.3 Å². The van der Waals surface area contributed by atoms with E-state index >= 15 is 0 Å². The second-order valence-corrected chi connectivity index (χ2v) is 6.91. The van der Waals surface area contributed by atoms with Gasteiger partial charge >= 0.3 is 0 Å². The number of hydrogen-bond donors (Lipinski definition) is 0. The van der Waals surface area contributed by atoms with Crippen molar-refractivity contribution in [3.05, 3.63) is 29.8 Å². The van der Waals surface area contributed by atoms with Crippen LogP contribution < -0.4 is 4.52 Å². The third-order valence-corrected chi connectivity index (χ3v) is 5.11. The Balaban J connectivity index is 1.51. The Hall–Kier alpha value is -0.590. The van der Waals surface area contributed by atoms with Crippen LogP contribution in [0.4, 0.5) is 0 Å². The van der Waals surface area contributed by atoms with Crippen LogP contribution in [0.2, 0.25) is 0 Å². The molecule has 1 aromatic carbocycles. The predicted molar refractivity (Wildman–Crippen MR) is 95.7 cm³/mol. The van der Waals surface area contributed by atoms with Gasteiger partial charge in [-0.05, 0) is 12.5 Å². The molecule has 0 aromatic heterocycles. The van der Waals surface area contributed by atoms with E-state index in [4.69, 9.17) is 9.05 Å². The van der Waals surface area contributed by atoms with Gasteiger partial charge in [0.05, 0.1) is 6.10 Å². The van der Waals surface area contributed by atoms with Crippen molar-refractivity contribution in [3.8, 4) is 5.75 Å². The minimum Gasteiger partial charge on any atom is -0.449 e. The fraction of sp³-hybridized carbons (Fsp3) is 0.684. The summed E-state index contributed by atoms with van der Waals surface area (Å²) >= 11 is 0. The molecular formula is C19H31O2P. The molecule has 124 valence electrons. The minimum absolute atomic E-state index is 0.161. The van der Waals surface area contributed by atoms with Crippen molar-refractivity contribution < 1.29 is 9.05 Å². The molecule has 0 bridgehead atoms. The Morgan fingerprint density at radius 2 is 1.50 bits per heavy atom. The second-order valence-electron chi connectivity index (χ2n) is 6.30. The summed E-state index contributed by atoms with van der Waals surface area (Å²) in [5.74, 6) is 1.02. The van der Waals surface area contributed by atoms with Gasteiger partial charge in [-0.15, -0.1) is 0 Å². The van der Waals surface area contributed by atoms with E-state index in [0.717, 1.165) is 12.2 Å². The van der Waals surface area contributed by atoms with Gasteiger partial charge in [0.2, 0.25) is 9.03 Å². The van der Waals surface area contributed by atoms with Crippen molar-refractivity contribution in [1.82, 2.24) is 0 Å². The zero-order valence-corrected chi connectivity index (χ0v) is 15.0. The molecule has 2 nitrogen and oxygen atoms in total. The van der Waals surface area contributed by atoms with Gasteiger partial charge in [0.25, 0.3) is 0 Å². The Morgan fingerprint density at radius 1 is 0.864 bits per heavy atom. The van der Waals surface area contributed by atoms with E-state index in [1.807, 2.05) is 6.07 Å². The van der Waals surface area contributed by atoms with Crippen LogP contribution in [0.15, 0.2) is 24.3 Å². The molecule has 1 aliphatic rings. The largest absolute Gasteiger partial charge is 0.449 e. The number of benzene rings is 1. The summed E-state index contributed by atoms with van der Waals surface area (Å²) in [7, 11) is 0.161. The molecule has 0 spiro atoms. The van der Waals surface area contributed by atoms with E-state index in [-0.39, 0.29) is 15.1 Å². The van der Waals surface area contributed by atoms with Crippen molar-refractivity contribution in [2.24, 2.45) is 0 Å². The average molecular weight is 322 g/mol. The first kappa shape index (κ1) is 17.8. The summed E-state index contributed by atoms with van der Waals surface area (Å²) in [4.78, 5) is 0. The quantitative estimate of drug-likeness (QED) is 0.324. The maximum atomic E-state index is 5.79. The Bertz CT molecular complexity index is 408. The molecule has 2 rings (SSSR count). The van der Waals surface area contributed by atoms with E-state index in [1.165, 1.54) is 69.8 Å². The molecule has 0 saturated heterocycles. The summed E-state index contributed by atoms with van der Waals surface area (Å²) < 4.78 is 11.4. The molecule has 0 fully saturated rings. The van der Waals surface area contributed by atoms with Gasteiger partial charge in [0, 0.05) is 5.56 Å². The smallest absolute Gasteiger partial charge is 0.215 e. The van der Waals surface area contributed by atoms with Gasteiger partial charge in [0.15, 0.2) is 0 Å². The zero-order chi connectivity index (χ0) is 15.5. The lowest BCUT2D eigenvalue weighted by Crippen LogP contribution is -2.06. The normalized spacial score (nSPS) is 18.1. The van der Waals surface area contributed by atoms with Gasteiger partial charge in [-0.25, -0.2) is 0 Å². The van der Waals surface area contributed by atoms with Crippen LogP contribution in [0.1, 0.15) is 89.2 Å². The molecule has 2 unspecified atom stereocenters. The van der Waals surface area contributed by atoms with Crippen LogP contribution in [0.25, 0.3) is 0 Å². The Morgan fingerprint density at radius 3 is 2.23 bits per heavy atom. The van der Waals surface area contributed by atoms with E-state index in [1.54, 1.807) is 0 Å². The fourth-order valence-corrected chi connectivity index (χ4v) is 3.75. The third kappa shape index (κ3) is 6.26. The van der Waals surface area contributed by atoms with Crippen LogP contribution >= 0.6 is 9.03 Å². The lowest BCUT2D eigenvalue weighted by atomic mass is 10.0. The zero-order valence-electron chi connectivity index (χ0n) is 14.0. The van der Waals surface area contributed by atoms with Crippen molar-refractivity contribution in [2.75, 3.05) is 0 Å². The molecule has 22 heavy (non-hydrogen) atoms. The van der Waals surface area contributed by atoms with Gasteiger partial charge in [-0.3, -0.25) is 0 Å². The van der Waals surface area contributed by atoms with Crippen LogP contribution in [0.5, 0.6) is 5.75 Å². The fourth-order valence-electron chi connectivity index (χ4n) is 3.06. The monoisotopic (exact) mass is 322 g/mol. The lowest BCUT2D eigenvalue weighted by molar-refractivity contribution is 0.185. The molecule has 1 aliphatic heterocycles. The molecule has 0 radical (unpaired) electrons. The summed E-state index contributed by atoms with van der Waals surface area (Å²) in [5, 5.41) is 0. The highest BCUT2D eigenvalue weighted by Gasteiger charge is 2.21. The Labute approximate surface area is 137 Å². The Kier molecular flexibility index (Phi) is 8.90. The molecular weight excluding hydrogens is 291 g/mol. The highest BCUT2D eigenvalue weighted by atomic mass is 31.1. The summed E-state index contributed by atoms with van der Waals surface area (Å²) in [6, 6.07) is 8.30. The van der Waals surface area contributed by atoms with Gasteiger partial charge in [-0.2, -0.15) is 0 Å². The van der Waals surface area contributed by atoms with E-state index in [0.29, 0.717) is 0 Å². The van der Waals surface area contributed by atoms with Crippen LogP contribution in [-0.4, -0.2) is 0 Å². The number of unbranched alkanes of at least 4 members (excludes halogenated alkanes) is 9. The summed E-state index contributed by atoms with van der Waals surface area (Å²) in [6.45, 7) is 2.28. The lowest BCUT2D eigenvalue weighted by Gasteiger charge is -2.25. The third-order valence-electron chi connectivity index (χ3n) is 4.43. The highest BCUT2D eigenvalue weighted by molar-refractivity contribution is 7.26. The molecule has 0 saturated carbocycles.